The minimum absolute atomic E-state index is 0.0516. The largest absolute Gasteiger partial charge is 0.508 e. The van der Waals surface area contributed by atoms with Crippen LogP contribution in [0.3, 0.4) is 0 Å². The molecule has 1 aliphatic heterocycles. The molecule has 36 heavy (non-hydrogen) atoms. The van der Waals surface area contributed by atoms with Crippen molar-refractivity contribution in [1.82, 2.24) is 15.2 Å². The summed E-state index contributed by atoms with van der Waals surface area (Å²) < 4.78 is 5.57. The summed E-state index contributed by atoms with van der Waals surface area (Å²) in [7, 11) is 0. The number of aliphatic hydroxyl groups excluding tert-OH is 1. The molecular formula is C28H31N3O5. The van der Waals surface area contributed by atoms with Crippen LogP contribution in [0.2, 0.25) is 0 Å². The van der Waals surface area contributed by atoms with Crippen molar-refractivity contribution in [3.05, 3.63) is 83.6 Å². The number of aliphatic hydroxyl groups is 1. The molecule has 2 heterocycles. The number of ether oxygens (including phenoxy) is 1. The first-order valence-corrected chi connectivity index (χ1v) is 11.9. The summed E-state index contributed by atoms with van der Waals surface area (Å²) in [5.41, 5.74) is 3.02. The number of fused-ring (bicyclic) bond motifs is 1. The third-order valence-electron chi connectivity index (χ3n) is 5.99. The van der Waals surface area contributed by atoms with Gasteiger partial charge in [-0.3, -0.25) is 14.7 Å². The number of hydrogen-bond acceptors (Lipinski definition) is 6. The van der Waals surface area contributed by atoms with Crippen molar-refractivity contribution < 1.29 is 24.5 Å². The fraction of sp³-hybridized carbons (Fsp3) is 0.321. The Bertz CT molecular complexity index is 1240. The number of carbonyl (C=O) groups is 2. The van der Waals surface area contributed by atoms with Gasteiger partial charge in [0.25, 0.3) is 5.91 Å². The van der Waals surface area contributed by atoms with Crippen LogP contribution in [0.1, 0.15) is 42.3 Å². The highest BCUT2D eigenvalue weighted by molar-refractivity contribution is 5.95. The van der Waals surface area contributed by atoms with Gasteiger partial charge in [0.2, 0.25) is 0 Å². The number of pyridine rings is 1. The number of nitrogens with one attached hydrogen (secondary N) is 1. The molecule has 0 aliphatic carbocycles. The molecule has 8 nitrogen and oxygen atoms in total. The van der Waals surface area contributed by atoms with Gasteiger partial charge in [-0.15, -0.1) is 0 Å². The van der Waals surface area contributed by atoms with Crippen molar-refractivity contribution in [3.8, 4) is 17.0 Å². The van der Waals surface area contributed by atoms with Crippen LogP contribution in [0.15, 0.2) is 66.9 Å². The monoisotopic (exact) mass is 489 g/mol. The maximum Gasteiger partial charge on any atom is 0.410 e. The highest BCUT2D eigenvalue weighted by Gasteiger charge is 2.37. The molecule has 1 aromatic heterocycles. The van der Waals surface area contributed by atoms with E-state index in [-0.39, 0.29) is 24.7 Å². The fourth-order valence-corrected chi connectivity index (χ4v) is 4.25. The first-order valence-electron chi connectivity index (χ1n) is 11.9. The molecule has 2 atom stereocenters. The molecule has 0 spiro atoms. The number of phenols is 1. The Kier molecular flexibility index (Phi) is 7.26. The minimum atomic E-state index is -1.04. The van der Waals surface area contributed by atoms with E-state index in [1.165, 1.54) is 4.90 Å². The number of aromatic hydroxyl groups is 1. The van der Waals surface area contributed by atoms with Crippen LogP contribution in [0.25, 0.3) is 11.3 Å². The fourth-order valence-electron chi connectivity index (χ4n) is 4.25. The van der Waals surface area contributed by atoms with Crippen molar-refractivity contribution in [3.63, 3.8) is 0 Å². The van der Waals surface area contributed by atoms with E-state index < -0.39 is 23.8 Å². The second-order valence-corrected chi connectivity index (χ2v) is 9.91. The van der Waals surface area contributed by atoms with Crippen molar-refractivity contribution >= 4 is 12.0 Å². The predicted molar refractivity (Wildman–Crippen MR) is 135 cm³/mol. The standard InChI is InChI=1S/C28H31N3O5/c1-28(2,3)36-27(35)31-17-21-14-22(32)11-10-18(21)15-24(31)25(33)16-30-26(34)20-8-6-7-19(13-20)23-9-4-5-12-29-23/h4-14,24-25,32-33H,15-17H2,1-3H3,(H,30,34)/t24-,25+/m0/s1. The van der Waals surface area contributed by atoms with Crippen LogP contribution in [0.5, 0.6) is 5.75 Å². The van der Waals surface area contributed by atoms with Crippen LogP contribution < -0.4 is 5.32 Å². The molecule has 3 aromatic rings. The summed E-state index contributed by atoms with van der Waals surface area (Å²) >= 11 is 0. The van der Waals surface area contributed by atoms with E-state index in [0.717, 1.165) is 22.4 Å². The Morgan fingerprint density at radius 2 is 1.92 bits per heavy atom. The summed E-state index contributed by atoms with van der Waals surface area (Å²) in [6.45, 7) is 5.46. The zero-order chi connectivity index (χ0) is 25.9. The predicted octanol–water partition coefficient (Wildman–Crippen LogP) is 3.91. The van der Waals surface area contributed by atoms with Crippen LogP contribution in [0, 0.1) is 0 Å². The third kappa shape index (κ3) is 6.01. The van der Waals surface area contributed by atoms with Gasteiger partial charge in [-0.1, -0.05) is 24.3 Å². The molecule has 8 heteroatoms. The van der Waals surface area contributed by atoms with E-state index >= 15 is 0 Å². The van der Waals surface area contributed by atoms with Gasteiger partial charge < -0.3 is 20.3 Å². The highest BCUT2D eigenvalue weighted by Crippen LogP contribution is 2.29. The van der Waals surface area contributed by atoms with E-state index in [1.807, 2.05) is 24.3 Å². The van der Waals surface area contributed by atoms with Crippen molar-refractivity contribution in [2.75, 3.05) is 6.54 Å². The average molecular weight is 490 g/mol. The summed E-state index contributed by atoms with van der Waals surface area (Å²) in [4.78, 5) is 31.7. The summed E-state index contributed by atoms with van der Waals surface area (Å²) in [5.74, 6) is -0.228. The molecule has 0 fully saturated rings. The average Bonchev–Trinajstić information content (AvgIpc) is 2.85. The van der Waals surface area contributed by atoms with Gasteiger partial charge in [0.05, 0.1) is 17.8 Å². The summed E-state index contributed by atoms with van der Waals surface area (Å²) in [6.07, 6.45) is 0.455. The topological polar surface area (TPSA) is 112 Å². The van der Waals surface area contributed by atoms with Gasteiger partial charge in [-0.05, 0) is 74.7 Å². The molecule has 1 aliphatic rings. The normalized spacial score (nSPS) is 16.1. The maximum atomic E-state index is 13.0. The van der Waals surface area contributed by atoms with Gasteiger partial charge >= 0.3 is 6.09 Å². The van der Waals surface area contributed by atoms with E-state index in [2.05, 4.69) is 10.3 Å². The second-order valence-electron chi connectivity index (χ2n) is 9.91. The van der Waals surface area contributed by atoms with E-state index in [9.17, 15) is 19.8 Å². The lowest BCUT2D eigenvalue weighted by atomic mass is 9.91. The first kappa shape index (κ1) is 25.2. The van der Waals surface area contributed by atoms with Crippen LogP contribution >= 0.6 is 0 Å². The molecule has 0 bridgehead atoms. The number of aromatic nitrogens is 1. The quantitative estimate of drug-likeness (QED) is 0.501. The lowest BCUT2D eigenvalue weighted by molar-refractivity contribution is -0.0113. The third-order valence-corrected chi connectivity index (χ3v) is 5.99. The number of rotatable bonds is 5. The molecule has 2 aromatic carbocycles. The molecule has 2 amide bonds. The highest BCUT2D eigenvalue weighted by atomic mass is 16.6. The van der Waals surface area contributed by atoms with Crippen molar-refractivity contribution in [2.45, 2.75) is 51.5 Å². The Balaban J connectivity index is 1.48. The number of benzene rings is 2. The number of nitrogens with zero attached hydrogens (tertiary/aromatic N) is 2. The molecule has 0 radical (unpaired) electrons. The lowest BCUT2D eigenvalue weighted by Gasteiger charge is -2.40. The SMILES string of the molecule is CC(C)(C)OC(=O)N1Cc2cc(O)ccc2C[C@H]1[C@H](O)CNC(=O)c1cccc(-c2ccccn2)c1. The molecule has 3 N–H and O–H groups in total. The Labute approximate surface area is 210 Å². The van der Waals surface area contributed by atoms with Gasteiger partial charge in [-0.25, -0.2) is 4.79 Å². The Hall–Kier alpha value is -3.91. The van der Waals surface area contributed by atoms with Crippen LogP contribution in [-0.4, -0.2) is 56.4 Å². The number of phenolic OH excluding ortho intramolecular Hbond substituents is 1. The van der Waals surface area contributed by atoms with Gasteiger partial charge in [0.1, 0.15) is 11.4 Å². The number of carbonyl (C=O) groups excluding carboxylic acids is 2. The Morgan fingerprint density at radius 1 is 1.11 bits per heavy atom. The molecule has 4 rings (SSSR count). The van der Waals surface area contributed by atoms with Gasteiger partial charge in [0.15, 0.2) is 0 Å². The summed E-state index contributed by atoms with van der Waals surface area (Å²) in [5, 5.41) is 23.7. The summed E-state index contributed by atoms with van der Waals surface area (Å²) in [6, 6.07) is 17.1. The van der Waals surface area contributed by atoms with Crippen molar-refractivity contribution in [1.29, 1.82) is 0 Å². The second kappa shape index (κ2) is 10.4. The Morgan fingerprint density at radius 3 is 2.64 bits per heavy atom. The molecule has 0 saturated heterocycles. The molecule has 188 valence electrons. The molecule has 0 unspecified atom stereocenters. The van der Waals surface area contributed by atoms with Crippen molar-refractivity contribution in [2.24, 2.45) is 0 Å². The number of hydrogen-bond donors (Lipinski definition) is 3. The molecular weight excluding hydrogens is 458 g/mol. The van der Waals surface area contributed by atoms with E-state index in [4.69, 9.17) is 4.74 Å². The van der Waals surface area contributed by atoms with Crippen LogP contribution in [-0.2, 0) is 17.7 Å². The minimum Gasteiger partial charge on any atom is -0.508 e. The number of amides is 2. The van der Waals surface area contributed by atoms with E-state index in [0.29, 0.717) is 12.0 Å². The first-order chi connectivity index (χ1) is 17.1. The smallest absolute Gasteiger partial charge is 0.410 e. The zero-order valence-corrected chi connectivity index (χ0v) is 20.6. The zero-order valence-electron chi connectivity index (χ0n) is 20.6. The lowest BCUT2D eigenvalue weighted by Crippen LogP contribution is -2.54. The van der Waals surface area contributed by atoms with Gasteiger partial charge in [0, 0.05) is 30.4 Å². The van der Waals surface area contributed by atoms with Crippen LogP contribution in [0.4, 0.5) is 4.79 Å². The maximum absolute atomic E-state index is 13.0. The molecule has 0 saturated carbocycles. The van der Waals surface area contributed by atoms with Gasteiger partial charge in [-0.2, -0.15) is 0 Å². The van der Waals surface area contributed by atoms with E-state index in [1.54, 1.807) is 63.4 Å².